The summed E-state index contributed by atoms with van der Waals surface area (Å²) in [4.78, 5) is 15.6. The van der Waals surface area contributed by atoms with E-state index in [1.165, 1.54) is 5.56 Å². The molecule has 0 atom stereocenters. The molecule has 1 N–H and O–H groups in total. The molecule has 4 nitrogen and oxygen atoms in total. The van der Waals surface area contributed by atoms with Crippen LogP contribution in [0.3, 0.4) is 0 Å². The minimum atomic E-state index is -0.264. The molecule has 0 radical (unpaired) electrons. The van der Waals surface area contributed by atoms with Crippen LogP contribution in [0.25, 0.3) is 0 Å². The summed E-state index contributed by atoms with van der Waals surface area (Å²) < 4.78 is 0. The molecule has 0 saturated heterocycles. The summed E-state index contributed by atoms with van der Waals surface area (Å²) in [5.41, 5.74) is 2.05. The van der Waals surface area contributed by atoms with E-state index < -0.39 is 0 Å². The number of thiazole rings is 1. The van der Waals surface area contributed by atoms with Crippen molar-refractivity contribution in [3.05, 3.63) is 52.0 Å². The van der Waals surface area contributed by atoms with Gasteiger partial charge in [-0.2, -0.15) is 5.26 Å². The van der Waals surface area contributed by atoms with Gasteiger partial charge in [-0.05, 0) is 5.56 Å². The van der Waals surface area contributed by atoms with Crippen LogP contribution in [0.15, 0.2) is 35.7 Å². The van der Waals surface area contributed by atoms with Gasteiger partial charge in [0.1, 0.15) is 6.42 Å². The standard InChI is InChI=1S/C14H13N3OS/c15-7-6-13(18)16-9-12-10-19-14(17-12)8-11-4-2-1-3-5-11/h1-5,10H,6,8-9H2,(H,16,18). The molecule has 0 aliphatic heterocycles. The summed E-state index contributed by atoms with van der Waals surface area (Å²) in [6, 6.07) is 11.9. The number of nitriles is 1. The number of hydrogen-bond donors (Lipinski definition) is 1. The van der Waals surface area contributed by atoms with Crippen molar-refractivity contribution < 1.29 is 4.79 Å². The Hall–Kier alpha value is -2.19. The van der Waals surface area contributed by atoms with Crippen molar-refractivity contribution in [2.24, 2.45) is 0 Å². The minimum Gasteiger partial charge on any atom is -0.350 e. The third-order valence-corrected chi connectivity index (χ3v) is 3.40. The number of amides is 1. The van der Waals surface area contributed by atoms with Gasteiger partial charge in [-0.1, -0.05) is 30.3 Å². The lowest BCUT2D eigenvalue weighted by Crippen LogP contribution is -2.21. The fraction of sp³-hybridized carbons (Fsp3) is 0.214. The average molecular weight is 271 g/mol. The monoisotopic (exact) mass is 271 g/mol. The smallest absolute Gasteiger partial charge is 0.234 e. The quantitative estimate of drug-likeness (QED) is 0.907. The minimum absolute atomic E-state index is 0.110. The highest BCUT2D eigenvalue weighted by Gasteiger charge is 2.05. The maximum atomic E-state index is 11.2. The zero-order valence-corrected chi connectivity index (χ0v) is 11.1. The molecule has 2 aromatic rings. The Balaban J connectivity index is 1.89. The van der Waals surface area contributed by atoms with Gasteiger partial charge in [0.25, 0.3) is 0 Å². The van der Waals surface area contributed by atoms with Gasteiger partial charge in [-0.3, -0.25) is 4.79 Å². The van der Waals surface area contributed by atoms with Crippen molar-refractivity contribution in [2.45, 2.75) is 19.4 Å². The summed E-state index contributed by atoms with van der Waals surface area (Å²) in [6.45, 7) is 0.381. The van der Waals surface area contributed by atoms with E-state index in [0.29, 0.717) is 6.54 Å². The number of nitrogens with zero attached hydrogens (tertiary/aromatic N) is 2. The van der Waals surface area contributed by atoms with E-state index in [1.807, 2.05) is 29.6 Å². The highest BCUT2D eigenvalue weighted by molar-refractivity contribution is 7.09. The summed E-state index contributed by atoms with van der Waals surface area (Å²) in [7, 11) is 0. The fourth-order valence-corrected chi connectivity index (χ4v) is 2.43. The number of carbonyl (C=O) groups is 1. The van der Waals surface area contributed by atoms with E-state index >= 15 is 0 Å². The lowest BCUT2D eigenvalue weighted by molar-refractivity contribution is -0.120. The molecule has 19 heavy (non-hydrogen) atoms. The lowest BCUT2D eigenvalue weighted by atomic mass is 10.2. The van der Waals surface area contributed by atoms with Gasteiger partial charge in [0.2, 0.25) is 5.91 Å². The van der Waals surface area contributed by atoms with Crippen molar-refractivity contribution in [2.75, 3.05) is 0 Å². The van der Waals surface area contributed by atoms with Crippen LogP contribution in [0, 0.1) is 11.3 Å². The van der Waals surface area contributed by atoms with Crippen molar-refractivity contribution in [1.82, 2.24) is 10.3 Å². The first-order chi connectivity index (χ1) is 9.28. The molecule has 1 aromatic carbocycles. The number of benzene rings is 1. The number of aromatic nitrogens is 1. The van der Waals surface area contributed by atoms with E-state index in [1.54, 1.807) is 11.3 Å². The second kappa shape index (κ2) is 6.66. The summed E-state index contributed by atoms with van der Waals surface area (Å²) in [5, 5.41) is 14.0. The number of rotatable bonds is 5. The van der Waals surface area contributed by atoms with Gasteiger partial charge in [0.15, 0.2) is 0 Å². The predicted octanol–water partition coefficient (Wildman–Crippen LogP) is 2.26. The molecule has 1 aromatic heterocycles. The molecule has 1 heterocycles. The molecule has 1 amide bonds. The van der Waals surface area contributed by atoms with Crippen LogP contribution in [-0.4, -0.2) is 10.9 Å². The SMILES string of the molecule is N#CCC(=O)NCc1csc(Cc2ccccc2)n1. The maximum absolute atomic E-state index is 11.2. The van der Waals surface area contributed by atoms with E-state index in [0.717, 1.165) is 17.1 Å². The zero-order chi connectivity index (χ0) is 13.5. The molecule has 0 aliphatic rings. The Morgan fingerprint density at radius 2 is 2.16 bits per heavy atom. The number of hydrogen-bond acceptors (Lipinski definition) is 4. The molecular formula is C14H13N3OS. The van der Waals surface area contributed by atoms with Crippen LogP contribution >= 0.6 is 11.3 Å². The molecule has 2 rings (SSSR count). The maximum Gasteiger partial charge on any atom is 0.234 e. The molecule has 0 unspecified atom stereocenters. The first-order valence-electron chi connectivity index (χ1n) is 5.89. The van der Waals surface area contributed by atoms with E-state index in [4.69, 9.17) is 5.26 Å². The third kappa shape index (κ3) is 4.19. The van der Waals surface area contributed by atoms with E-state index in [-0.39, 0.29) is 12.3 Å². The Kier molecular flexibility index (Phi) is 4.65. The van der Waals surface area contributed by atoms with Crippen LogP contribution < -0.4 is 5.32 Å². The number of nitrogens with one attached hydrogen (secondary N) is 1. The van der Waals surface area contributed by atoms with Gasteiger partial charge in [0.05, 0.1) is 23.3 Å². The molecule has 0 spiro atoms. The molecule has 0 aliphatic carbocycles. The number of carbonyl (C=O) groups excluding carboxylic acids is 1. The van der Waals surface area contributed by atoms with Crippen LogP contribution in [0.4, 0.5) is 0 Å². The van der Waals surface area contributed by atoms with Gasteiger partial charge < -0.3 is 5.32 Å². The van der Waals surface area contributed by atoms with Crippen LogP contribution in [0.2, 0.25) is 0 Å². The van der Waals surface area contributed by atoms with Crippen molar-refractivity contribution >= 4 is 17.2 Å². The zero-order valence-electron chi connectivity index (χ0n) is 10.3. The lowest BCUT2D eigenvalue weighted by Gasteiger charge is -1.99. The molecule has 5 heteroatoms. The van der Waals surface area contributed by atoms with Crippen molar-refractivity contribution in [3.63, 3.8) is 0 Å². The highest BCUT2D eigenvalue weighted by Crippen LogP contribution is 2.14. The topological polar surface area (TPSA) is 65.8 Å². The molecule has 0 saturated carbocycles. The van der Waals surface area contributed by atoms with Gasteiger partial charge in [-0.25, -0.2) is 4.98 Å². The van der Waals surface area contributed by atoms with Crippen LogP contribution in [0.1, 0.15) is 22.7 Å². The molecular weight excluding hydrogens is 258 g/mol. The van der Waals surface area contributed by atoms with Crippen LogP contribution in [-0.2, 0) is 17.8 Å². The summed E-state index contributed by atoms with van der Waals surface area (Å²) >= 11 is 1.58. The first kappa shape index (κ1) is 13.2. The van der Waals surface area contributed by atoms with Gasteiger partial charge in [0, 0.05) is 11.8 Å². The van der Waals surface area contributed by atoms with Crippen molar-refractivity contribution in [1.29, 1.82) is 5.26 Å². The predicted molar refractivity (Wildman–Crippen MR) is 73.4 cm³/mol. The second-order valence-corrected chi connectivity index (χ2v) is 4.95. The van der Waals surface area contributed by atoms with Gasteiger partial charge >= 0.3 is 0 Å². The Morgan fingerprint density at radius 3 is 2.89 bits per heavy atom. The summed E-state index contributed by atoms with van der Waals surface area (Å²) in [6.07, 6.45) is 0.693. The van der Waals surface area contributed by atoms with E-state index in [2.05, 4.69) is 22.4 Å². The fourth-order valence-electron chi connectivity index (χ4n) is 1.61. The van der Waals surface area contributed by atoms with Gasteiger partial charge in [-0.15, -0.1) is 11.3 Å². The Bertz CT molecular complexity index is 586. The average Bonchev–Trinajstić information content (AvgIpc) is 2.86. The molecule has 96 valence electrons. The normalized spacial score (nSPS) is 9.84. The Morgan fingerprint density at radius 1 is 1.37 bits per heavy atom. The Labute approximate surface area is 115 Å². The third-order valence-electron chi connectivity index (χ3n) is 2.50. The molecule has 0 bridgehead atoms. The second-order valence-electron chi connectivity index (χ2n) is 4.01. The largest absolute Gasteiger partial charge is 0.350 e. The highest BCUT2D eigenvalue weighted by atomic mass is 32.1. The van der Waals surface area contributed by atoms with Crippen LogP contribution in [0.5, 0.6) is 0 Å². The summed E-state index contributed by atoms with van der Waals surface area (Å²) in [5.74, 6) is -0.264. The van der Waals surface area contributed by atoms with Crippen molar-refractivity contribution in [3.8, 4) is 6.07 Å². The van der Waals surface area contributed by atoms with E-state index in [9.17, 15) is 4.79 Å². The molecule has 0 fully saturated rings. The first-order valence-corrected chi connectivity index (χ1v) is 6.77.